The number of benzene rings is 2. The van der Waals surface area contributed by atoms with Crippen molar-refractivity contribution in [3.63, 3.8) is 0 Å². The number of carbonyl (C=O) groups is 2. The van der Waals surface area contributed by atoms with Crippen LogP contribution in [-0.4, -0.2) is 28.1 Å². The maximum Gasteiger partial charge on any atom is 0.286 e. The van der Waals surface area contributed by atoms with E-state index in [4.69, 9.17) is 4.74 Å². The molecule has 7 nitrogen and oxygen atoms in total. The van der Waals surface area contributed by atoms with Crippen LogP contribution in [0, 0.1) is 6.92 Å². The van der Waals surface area contributed by atoms with Crippen molar-refractivity contribution in [3.8, 4) is 5.75 Å². The highest BCUT2D eigenvalue weighted by atomic mass is 32.1. The molecule has 3 aromatic rings. The zero-order valence-electron chi connectivity index (χ0n) is 15.8. The molecular formula is C21H20N4O3S. The number of nitrogens with one attached hydrogen (secondary N) is 2. The highest BCUT2D eigenvalue weighted by Gasteiger charge is 2.24. The van der Waals surface area contributed by atoms with Crippen LogP contribution in [0.15, 0.2) is 48.5 Å². The average Bonchev–Trinajstić information content (AvgIpc) is 3.39. The standard InChI is InChI=1S/C21H20N4O3S/c1-13-4-2-7-17(10-13)28-12-18-24-25-21(29-18)20(27)23-16-6-3-5-14(11-16)19(26)22-15-8-9-15/h2-7,10-11,15H,8-9,12H2,1H3,(H,22,26)(H,23,27). The molecule has 0 saturated heterocycles. The van der Waals surface area contributed by atoms with Crippen LogP contribution >= 0.6 is 11.3 Å². The number of aryl methyl sites for hydroxylation is 1. The predicted molar refractivity (Wildman–Crippen MR) is 110 cm³/mol. The van der Waals surface area contributed by atoms with Gasteiger partial charge in [-0.25, -0.2) is 0 Å². The molecule has 1 fully saturated rings. The number of hydrogen-bond donors (Lipinski definition) is 2. The third-order valence-corrected chi connectivity index (χ3v) is 5.20. The summed E-state index contributed by atoms with van der Waals surface area (Å²) < 4.78 is 5.69. The van der Waals surface area contributed by atoms with Crippen LogP contribution < -0.4 is 15.4 Å². The predicted octanol–water partition coefficient (Wildman–Crippen LogP) is 3.57. The molecule has 0 radical (unpaired) electrons. The van der Waals surface area contributed by atoms with Crippen molar-refractivity contribution in [1.29, 1.82) is 0 Å². The number of aromatic nitrogens is 2. The van der Waals surface area contributed by atoms with E-state index >= 15 is 0 Å². The first-order chi connectivity index (χ1) is 14.1. The number of amides is 2. The molecule has 1 aromatic heterocycles. The van der Waals surface area contributed by atoms with Crippen LogP contribution in [0.4, 0.5) is 5.69 Å². The SMILES string of the molecule is Cc1cccc(OCc2nnc(C(=O)Nc3cccc(C(=O)NC4CC4)c3)s2)c1. The van der Waals surface area contributed by atoms with Gasteiger partial charge in [-0.15, -0.1) is 10.2 Å². The summed E-state index contributed by atoms with van der Waals surface area (Å²) in [6.45, 7) is 2.23. The van der Waals surface area contributed by atoms with Crippen molar-refractivity contribution in [2.45, 2.75) is 32.4 Å². The van der Waals surface area contributed by atoms with Crippen LogP contribution in [0.25, 0.3) is 0 Å². The monoisotopic (exact) mass is 408 g/mol. The van der Waals surface area contributed by atoms with E-state index in [1.54, 1.807) is 24.3 Å². The Morgan fingerprint density at radius 1 is 1.10 bits per heavy atom. The number of nitrogens with zero attached hydrogens (tertiary/aromatic N) is 2. The molecule has 2 aromatic carbocycles. The van der Waals surface area contributed by atoms with Crippen molar-refractivity contribution in [3.05, 3.63) is 69.7 Å². The molecule has 1 heterocycles. The van der Waals surface area contributed by atoms with Gasteiger partial charge in [0.15, 0.2) is 5.01 Å². The molecule has 0 aliphatic heterocycles. The van der Waals surface area contributed by atoms with Gasteiger partial charge in [0, 0.05) is 17.3 Å². The number of carbonyl (C=O) groups excluding carboxylic acids is 2. The zero-order chi connectivity index (χ0) is 20.2. The first-order valence-corrected chi connectivity index (χ1v) is 10.1. The smallest absolute Gasteiger partial charge is 0.286 e. The van der Waals surface area contributed by atoms with Crippen LogP contribution in [0.1, 0.15) is 43.6 Å². The molecule has 1 aliphatic carbocycles. The first-order valence-electron chi connectivity index (χ1n) is 9.31. The Balaban J connectivity index is 1.36. The number of anilines is 1. The van der Waals surface area contributed by atoms with Gasteiger partial charge < -0.3 is 15.4 Å². The Morgan fingerprint density at radius 2 is 1.93 bits per heavy atom. The third-order valence-electron chi connectivity index (χ3n) is 4.31. The van der Waals surface area contributed by atoms with Gasteiger partial charge in [0.05, 0.1) is 0 Å². The minimum absolute atomic E-state index is 0.130. The minimum atomic E-state index is -0.371. The lowest BCUT2D eigenvalue weighted by atomic mass is 10.2. The number of rotatable bonds is 7. The fourth-order valence-corrected chi connectivity index (χ4v) is 3.32. The van der Waals surface area contributed by atoms with Crippen molar-refractivity contribution in [2.24, 2.45) is 0 Å². The van der Waals surface area contributed by atoms with Gasteiger partial charge in [-0.3, -0.25) is 9.59 Å². The molecule has 2 amide bonds. The minimum Gasteiger partial charge on any atom is -0.486 e. The topological polar surface area (TPSA) is 93.2 Å². The highest BCUT2D eigenvalue weighted by Crippen LogP contribution is 2.21. The third kappa shape index (κ3) is 5.17. The summed E-state index contributed by atoms with van der Waals surface area (Å²) in [6, 6.07) is 14.8. The fourth-order valence-electron chi connectivity index (χ4n) is 2.67. The van der Waals surface area contributed by atoms with Crippen molar-refractivity contribution in [2.75, 3.05) is 5.32 Å². The van der Waals surface area contributed by atoms with Gasteiger partial charge in [-0.05, 0) is 55.7 Å². The second-order valence-electron chi connectivity index (χ2n) is 6.89. The van der Waals surface area contributed by atoms with E-state index in [1.807, 2.05) is 31.2 Å². The van der Waals surface area contributed by atoms with Crippen LogP contribution in [0.2, 0.25) is 0 Å². The lowest BCUT2D eigenvalue weighted by Gasteiger charge is -2.06. The average molecular weight is 408 g/mol. The van der Waals surface area contributed by atoms with Crippen LogP contribution in [0.3, 0.4) is 0 Å². The Bertz CT molecular complexity index is 1050. The Hall–Kier alpha value is -3.26. The summed E-state index contributed by atoms with van der Waals surface area (Å²) in [4.78, 5) is 24.6. The van der Waals surface area contributed by atoms with Crippen molar-refractivity contribution < 1.29 is 14.3 Å². The number of hydrogen-bond acceptors (Lipinski definition) is 6. The van der Waals surface area contributed by atoms with E-state index < -0.39 is 0 Å². The summed E-state index contributed by atoms with van der Waals surface area (Å²) in [6.07, 6.45) is 2.05. The van der Waals surface area contributed by atoms with Crippen LogP contribution in [-0.2, 0) is 6.61 Å². The molecule has 0 atom stereocenters. The molecular weight excluding hydrogens is 388 g/mol. The largest absolute Gasteiger partial charge is 0.486 e. The normalized spacial score (nSPS) is 13.0. The van der Waals surface area contributed by atoms with Crippen molar-refractivity contribution >= 4 is 28.8 Å². The molecule has 8 heteroatoms. The maximum atomic E-state index is 12.5. The van der Waals surface area contributed by atoms with Gasteiger partial charge in [-0.1, -0.05) is 29.5 Å². The molecule has 0 spiro atoms. The summed E-state index contributed by atoms with van der Waals surface area (Å²) in [5.41, 5.74) is 2.15. The van der Waals surface area contributed by atoms with Gasteiger partial charge in [0.2, 0.25) is 5.01 Å². The fraction of sp³-hybridized carbons (Fsp3) is 0.238. The van der Waals surface area contributed by atoms with Crippen LogP contribution in [0.5, 0.6) is 5.75 Å². The Kier molecular flexibility index (Phi) is 5.53. The molecule has 148 valence electrons. The van der Waals surface area contributed by atoms with Gasteiger partial charge in [-0.2, -0.15) is 0 Å². The van der Waals surface area contributed by atoms with Gasteiger partial charge in [0.25, 0.3) is 11.8 Å². The quantitative estimate of drug-likeness (QED) is 0.623. The second-order valence-corrected chi connectivity index (χ2v) is 7.95. The highest BCUT2D eigenvalue weighted by molar-refractivity contribution is 7.13. The van der Waals surface area contributed by atoms with E-state index in [-0.39, 0.29) is 29.5 Å². The molecule has 1 aliphatic rings. The molecule has 1 saturated carbocycles. The van der Waals surface area contributed by atoms with E-state index in [2.05, 4.69) is 20.8 Å². The van der Waals surface area contributed by atoms with Gasteiger partial charge >= 0.3 is 0 Å². The molecule has 29 heavy (non-hydrogen) atoms. The Morgan fingerprint density at radius 3 is 2.72 bits per heavy atom. The second kappa shape index (κ2) is 8.40. The maximum absolute atomic E-state index is 12.5. The Labute approximate surface area is 172 Å². The van der Waals surface area contributed by atoms with Gasteiger partial charge in [0.1, 0.15) is 12.4 Å². The summed E-state index contributed by atoms with van der Waals surface area (Å²) in [5, 5.41) is 14.5. The number of ether oxygens (including phenoxy) is 1. The van der Waals surface area contributed by atoms with E-state index in [9.17, 15) is 9.59 Å². The lowest BCUT2D eigenvalue weighted by Crippen LogP contribution is -2.25. The molecule has 2 N–H and O–H groups in total. The summed E-state index contributed by atoms with van der Waals surface area (Å²) >= 11 is 1.17. The summed E-state index contributed by atoms with van der Waals surface area (Å²) in [5.74, 6) is 0.242. The van der Waals surface area contributed by atoms with E-state index in [0.717, 1.165) is 24.2 Å². The first kappa shape index (κ1) is 19.1. The zero-order valence-corrected chi connectivity index (χ0v) is 16.7. The lowest BCUT2D eigenvalue weighted by molar-refractivity contribution is 0.0949. The molecule has 0 unspecified atom stereocenters. The van der Waals surface area contributed by atoms with E-state index in [0.29, 0.717) is 16.3 Å². The van der Waals surface area contributed by atoms with E-state index in [1.165, 1.54) is 11.3 Å². The van der Waals surface area contributed by atoms with Crippen molar-refractivity contribution in [1.82, 2.24) is 15.5 Å². The molecule has 4 rings (SSSR count). The summed E-state index contributed by atoms with van der Waals surface area (Å²) in [7, 11) is 0. The molecule has 0 bridgehead atoms.